The normalized spacial score (nSPS) is 11.8. The molecule has 0 saturated carbocycles. The van der Waals surface area contributed by atoms with Crippen molar-refractivity contribution in [2.75, 3.05) is 0 Å². The molecule has 1 heterocycles. The Morgan fingerprint density at radius 2 is 2.05 bits per heavy atom. The molecule has 2 aromatic rings. The van der Waals surface area contributed by atoms with Gasteiger partial charge in [0.25, 0.3) is 0 Å². The van der Waals surface area contributed by atoms with E-state index in [1.54, 1.807) is 6.92 Å². The van der Waals surface area contributed by atoms with Gasteiger partial charge in [-0.15, -0.1) is 0 Å². The van der Waals surface area contributed by atoms with E-state index in [2.05, 4.69) is 4.98 Å². The molecule has 6 heteroatoms. The molecule has 0 fully saturated rings. The molecular weight excluding hydrogens is 257 g/mol. The summed E-state index contributed by atoms with van der Waals surface area (Å²) in [7, 11) is 0. The van der Waals surface area contributed by atoms with Gasteiger partial charge in [-0.05, 0) is 30.7 Å². The van der Waals surface area contributed by atoms with Crippen LogP contribution in [0.2, 0.25) is 0 Å². The molecule has 0 spiro atoms. The average Bonchev–Trinajstić information content (AvgIpc) is 2.25. The highest BCUT2D eigenvalue weighted by Gasteiger charge is 2.33. The van der Waals surface area contributed by atoms with Gasteiger partial charge in [0.2, 0.25) is 5.91 Å². The molecule has 0 radical (unpaired) electrons. The van der Waals surface area contributed by atoms with Crippen LogP contribution in [0.3, 0.4) is 0 Å². The van der Waals surface area contributed by atoms with Gasteiger partial charge in [0.1, 0.15) is 0 Å². The van der Waals surface area contributed by atoms with E-state index in [4.69, 9.17) is 5.73 Å². The van der Waals surface area contributed by atoms with E-state index in [1.165, 1.54) is 18.2 Å². The topological polar surface area (TPSA) is 56.0 Å². The van der Waals surface area contributed by atoms with Gasteiger partial charge >= 0.3 is 6.18 Å². The van der Waals surface area contributed by atoms with E-state index in [9.17, 15) is 18.0 Å². The Kier molecular flexibility index (Phi) is 3.18. The third-order valence-corrected chi connectivity index (χ3v) is 2.74. The number of carbonyl (C=O) groups excluding carboxylic acids is 1. The molecule has 100 valence electrons. The number of aryl methyl sites for hydroxylation is 1. The Balaban J connectivity index is 2.69. The molecule has 1 amide bonds. The molecule has 19 heavy (non-hydrogen) atoms. The number of hydrogen-bond acceptors (Lipinski definition) is 2. The van der Waals surface area contributed by atoms with Crippen LogP contribution < -0.4 is 5.73 Å². The summed E-state index contributed by atoms with van der Waals surface area (Å²) < 4.78 is 38.7. The smallest absolute Gasteiger partial charge is 0.369 e. The summed E-state index contributed by atoms with van der Waals surface area (Å²) in [6, 6.07) is 5.26. The van der Waals surface area contributed by atoms with Gasteiger partial charge in [0.15, 0.2) is 0 Å². The molecule has 0 aliphatic heterocycles. The maximum absolute atomic E-state index is 12.9. The number of pyridine rings is 1. The third-order valence-electron chi connectivity index (χ3n) is 2.74. The highest BCUT2D eigenvalue weighted by molar-refractivity contribution is 5.87. The first-order valence-corrected chi connectivity index (χ1v) is 5.54. The molecule has 1 aromatic heterocycles. The first-order valence-electron chi connectivity index (χ1n) is 5.54. The summed E-state index contributed by atoms with van der Waals surface area (Å²) in [5.74, 6) is -0.571. The van der Waals surface area contributed by atoms with Crippen LogP contribution in [0.1, 0.15) is 16.8 Å². The summed E-state index contributed by atoms with van der Waals surface area (Å²) in [5, 5.41) is 0.0585. The highest BCUT2D eigenvalue weighted by Crippen LogP contribution is 2.35. The SMILES string of the molecule is Cc1cc(CC(N)=O)nc2cccc(C(F)(F)F)c12. The van der Waals surface area contributed by atoms with Gasteiger partial charge in [-0.2, -0.15) is 13.2 Å². The van der Waals surface area contributed by atoms with Gasteiger partial charge in [-0.1, -0.05) is 6.07 Å². The second-order valence-corrected chi connectivity index (χ2v) is 4.27. The van der Waals surface area contributed by atoms with Crippen LogP contribution in [0, 0.1) is 6.92 Å². The number of aromatic nitrogens is 1. The number of benzene rings is 1. The molecule has 3 nitrogen and oxygen atoms in total. The van der Waals surface area contributed by atoms with Crippen molar-refractivity contribution in [2.24, 2.45) is 5.73 Å². The monoisotopic (exact) mass is 268 g/mol. The van der Waals surface area contributed by atoms with Gasteiger partial charge in [-0.3, -0.25) is 9.78 Å². The molecular formula is C13H11F3N2O. The summed E-state index contributed by atoms with van der Waals surface area (Å²) in [6.45, 7) is 1.56. The van der Waals surface area contributed by atoms with Crippen molar-refractivity contribution in [1.29, 1.82) is 0 Å². The van der Waals surface area contributed by atoms with Crippen LogP contribution in [-0.2, 0) is 17.4 Å². The zero-order valence-corrected chi connectivity index (χ0v) is 10.1. The van der Waals surface area contributed by atoms with E-state index < -0.39 is 17.6 Å². The molecule has 2 N–H and O–H groups in total. The van der Waals surface area contributed by atoms with Gasteiger partial charge in [-0.25, -0.2) is 0 Å². The Morgan fingerprint density at radius 1 is 1.37 bits per heavy atom. The summed E-state index contributed by atoms with van der Waals surface area (Å²) in [5.41, 5.74) is 5.35. The largest absolute Gasteiger partial charge is 0.417 e. The second-order valence-electron chi connectivity index (χ2n) is 4.27. The van der Waals surface area contributed by atoms with Crippen molar-refractivity contribution in [3.8, 4) is 0 Å². The van der Waals surface area contributed by atoms with Crippen LogP contribution in [-0.4, -0.2) is 10.9 Å². The van der Waals surface area contributed by atoms with Crippen molar-refractivity contribution >= 4 is 16.8 Å². The van der Waals surface area contributed by atoms with E-state index >= 15 is 0 Å². The molecule has 1 aromatic carbocycles. The molecule has 0 saturated heterocycles. The summed E-state index contributed by atoms with van der Waals surface area (Å²) in [6.07, 6.45) is -4.52. The minimum Gasteiger partial charge on any atom is -0.369 e. The Morgan fingerprint density at radius 3 is 2.63 bits per heavy atom. The number of carbonyl (C=O) groups is 1. The van der Waals surface area contributed by atoms with Gasteiger partial charge < -0.3 is 5.73 Å². The molecule has 0 aliphatic carbocycles. The van der Waals surface area contributed by atoms with Crippen molar-refractivity contribution in [3.63, 3.8) is 0 Å². The number of rotatable bonds is 2. The van der Waals surface area contributed by atoms with E-state index in [1.807, 2.05) is 0 Å². The van der Waals surface area contributed by atoms with Crippen molar-refractivity contribution in [3.05, 3.63) is 41.1 Å². The van der Waals surface area contributed by atoms with E-state index in [-0.39, 0.29) is 17.3 Å². The number of halogens is 3. The number of hydrogen-bond donors (Lipinski definition) is 1. The predicted molar refractivity (Wildman–Crippen MR) is 64.4 cm³/mol. The fourth-order valence-electron chi connectivity index (χ4n) is 2.06. The fourth-order valence-corrected chi connectivity index (χ4v) is 2.06. The second kappa shape index (κ2) is 4.53. The minimum atomic E-state index is -4.43. The van der Waals surface area contributed by atoms with Crippen LogP contribution in [0.5, 0.6) is 0 Å². The summed E-state index contributed by atoms with van der Waals surface area (Å²) in [4.78, 5) is 14.9. The van der Waals surface area contributed by atoms with Crippen LogP contribution in [0.15, 0.2) is 24.3 Å². The molecule has 0 bridgehead atoms. The standard InChI is InChI=1S/C13H11F3N2O/c1-7-5-8(6-11(17)19)18-10-4-2-3-9(12(7)10)13(14,15)16/h2-5H,6H2,1H3,(H2,17,19). The quantitative estimate of drug-likeness (QED) is 0.910. The van der Waals surface area contributed by atoms with Crippen molar-refractivity contribution < 1.29 is 18.0 Å². The number of nitrogens with two attached hydrogens (primary N) is 1. The first-order chi connectivity index (χ1) is 8.79. The van der Waals surface area contributed by atoms with Crippen LogP contribution >= 0.6 is 0 Å². The lowest BCUT2D eigenvalue weighted by atomic mass is 10.0. The van der Waals surface area contributed by atoms with Crippen LogP contribution in [0.25, 0.3) is 10.9 Å². The lowest BCUT2D eigenvalue weighted by Gasteiger charge is -2.13. The number of fused-ring (bicyclic) bond motifs is 1. The first kappa shape index (κ1) is 13.3. The summed E-state index contributed by atoms with van der Waals surface area (Å²) >= 11 is 0. The average molecular weight is 268 g/mol. The molecule has 0 atom stereocenters. The third kappa shape index (κ3) is 2.67. The maximum atomic E-state index is 12.9. The molecule has 2 rings (SSSR count). The minimum absolute atomic E-state index is 0.0585. The Labute approximate surface area is 107 Å². The lowest BCUT2D eigenvalue weighted by molar-refractivity contribution is -0.136. The predicted octanol–water partition coefficient (Wildman–Crippen LogP) is 2.59. The number of alkyl halides is 3. The fraction of sp³-hybridized carbons (Fsp3) is 0.231. The number of primary amides is 1. The zero-order chi connectivity index (χ0) is 14.2. The van der Waals surface area contributed by atoms with E-state index in [0.29, 0.717) is 11.3 Å². The Bertz CT molecular complexity index is 650. The number of amides is 1. The highest BCUT2D eigenvalue weighted by atomic mass is 19.4. The molecule has 0 unspecified atom stereocenters. The number of nitrogens with zero attached hydrogens (tertiary/aromatic N) is 1. The van der Waals surface area contributed by atoms with Gasteiger partial charge in [0.05, 0.1) is 23.2 Å². The molecule has 0 aliphatic rings. The maximum Gasteiger partial charge on any atom is 0.417 e. The van der Waals surface area contributed by atoms with E-state index in [0.717, 1.165) is 6.07 Å². The Hall–Kier alpha value is -2.11. The van der Waals surface area contributed by atoms with Crippen molar-refractivity contribution in [1.82, 2.24) is 4.98 Å². The zero-order valence-electron chi connectivity index (χ0n) is 10.1. The van der Waals surface area contributed by atoms with Crippen LogP contribution in [0.4, 0.5) is 13.2 Å². The lowest BCUT2D eigenvalue weighted by Crippen LogP contribution is -2.15. The van der Waals surface area contributed by atoms with Gasteiger partial charge in [0, 0.05) is 5.39 Å². The van der Waals surface area contributed by atoms with Crippen molar-refractivity contribution in [2.45, 2.75) is 19.5 Å².